The second-order valence-corrected chi connectivity index (χ2v) is 8.04. The number of nitro benzene ring substituents is 1. The molecule has 5 rings (SSSR count). The molecule has 3 aromatic carbocycles. The minimum atomic E-state index is -0.764. The standard InChI is InChI=1S/C25H20N6O5/c1-29-23(32)18-9-5-6-10-21(18)30-22(27-28-25(29)30)15-36-24(33)19-13-17(31(34)35)11-12-20(19)26-14-16-7-3-2-4-8-16/h2-13,26H,14-15H2,1H3. The number of rotatable bonds is 7. The van der Waals surface area contributed by atoms with Gasteiger partial charge in [-0.15, -0.1) is 10.2 Å². The molecule has 0 spiro atoms. The zero-order valence-electron chi connectivity index (χ0n) is 19.1. The van der Waals surface area contributed by atoms with E-state index in [0.717, 1.165) is 5.56 Å². The van der Waals surface area contributed by atoms with Crippen LogP contribution in [0.15, 0.2) is 77.6 Å². The lowest BCUT2D eigenvalue weighted by molar-refractivity contribution is -0.384. The Labute approximate surface area is 203 Å². The van der Waals surface area contributed by atoms with Gasteiger partial charge >= 0.3 is 5.97 Å². The minimum absolute atomic E-state index is 0.0196. The molecule has 5 aromatic rings. The Hall–Kier alpha value is -5.06. The third-order valence-corrected chi connectivity index (χ3v) is 5.79. The van der Waals surface area contributed by atoms with Crippen molar-refractivity contribution in [2.24, 2.45) is 7.05 Å². The first kappa shape index (κ1) is 22.7. The predicted octanol–water partition coefficient (Wildman–Crippen LogP) is 3.46. The van der Waals surface area contributed by atoms with E-state index < -0.39 is 10.9 Å². The molecule has 0 saturated heterocycles. The van der Waals surface area contributed by atoms with Crippen molar-refractivity contribution < 1.29 is 14.5 Å². The van der Waals surface area contributed by atoms with Gasteiger partial charge in [0.2, 0.25) is 5.78 Å². The van der Waals surface area contributed by atoms with E-state index in [4.69, 9.17) is 4.74 Å². The summed E-state index contributed by atoms with van der Waals surface area (Å²) in [7, 11) is 1.59. The number of aromatic nitrogens is 4. The molecule has 2 aromatic heterocycles. The van der Waals surface area contributed by atoms with Crippen LogP contribution in [0.25, 0.3) is 16.7 Å². The van der Waals surface area contributed by atoms with Gasteiger partial charge in [0.1, 0.15) is 0 Å². The fourth-order valence-corrected chi connectivity index (χ4v) is 3.96. The average Bonchev–Trinajstić information content (AvgIpc) is 3.34. The van der Waals surface area contributed by atoms with Crippen LogP contribution in [0.1, 0.15) is 21.7 Å². The van der Waals surface area contributed by atoms with Crippen molar-refractivity contribution in [2.45, 2.75) is 13.2 Å². The first-order chi connectivity index (χ1) is 17.4. The number of aryl methyl sites for hydroxylation is 1. The molecule has 11 heteroatoms. The molecule has 1 N–H and O–H groups in total. The molecular weight excluding hydrogens is 464 g/mol. The average molecular weight is 484 g/mol. The molecule has 0 radical (unpaired) electrons. The van der Waals surface area contributed by atoms with Crippen molar-refractivity contribution in [3.8, 4) is 0 Å². The summed E-state index contributed by atoms with van der Waals surface area (Å²) in [6.07, 6.45) is 0. The van der Waals surface area contributed by atoms with E-state index >= 15 is 0 Å². The zero-order chi connectivity index (χ0) is 25.2. The maximum absolute atomic E-state index is 13.1. The maximum atomic E-state index is 13.1. The van der Waals surface area contributed by atoms with Gasteiger partial charge in [0.25, 0.3) is 11.2 Å². The second kappa shape index (κ2) is 9.29. The van der Waals surface area contributed by atoms with Crippen LogP contribution in [0.2, 0.25) is 0 Å². The first-order valence-corrected chi connectivity index (χ1v) is 11.0. The summed E-state index contributed by atoms with van der Waals surface area (Å²) in [5.74, 6) is -0.167. The van der Waals surface area contributed by atoms with Gasteiger partial charge in [0.15, 0.2) is 12.4 Å². The van der Waals surface area contributed by atoms with Gasteiger partial charge in [0, 0.05) is 31.4 Å². The maximum Gasteiger partial charge on any atom is 0.340 e. The quantitative estimate of drug-likeness (QED) is 0.211. The Kier molecular flexibility index (Phi) is 5.87. The number of nitro groups is 1. The number of anilines is 1. The van der Waals surface area contributed by atoms with Crippen LogP contribution in [-0.2, 0) is 24.9 Å². The summed E-state index contributed by atoms with van der Waals surface area (Å²) >= 11 is 0. The molecule has 0 aliphatic heterocycles. The first-order valence-electron chi connectivity index (χ1n) is 11.0. The smallest absolute Gasteiger partial charge is 0.340 e. The summed E-state index contributed by atoms with van der Waals surface area (Å²) < 4.78 is 8.53. The van der Waals surface area contributed by atoms with Gasteiger partial charge in [-0.1, -0.05) is 42.5 Å². The Balaban J connectivity index is 1.45. The fourth-order valence-electron chi connectivity index (χ4n) is 3.96. The van der Waals surface area contributed by atoms with E-state index in [-0.39, 0.29) is 23.4 Å². The van der Waals surface area contributed by atoms with Crippen LogP contribution in [0.4, 0.5) is 11.4 Å². The van der Waals surface area contributed by atoms with Crippen molar-refractivity contribution in [3.63, 3.8) is 0 Å². The summed E-state index contributed by atoms with van der Waals surface area (Å²) in [4.78, 5) is 36.4. The molecule has 0 fully saturated rings. The second-order valence-electron chi connectivity index (χ2n) is 8.04. The van der Waals surface area contributed by atoms with Crippen molar-refractivity contribution in [3.05, 3.63) is 110 Å². The number of ether oxygens (including phenoxy) is 1. The largest absolute Gasteiger partial charge is 0.454 e. The Morgan fingerprint density at radius 3 is 2.58 bits per heavy atom. The number of esters is 1. The Bertz CT molecular complexity index is 1680. The number of fused-ring (bicyclic) bond motifs is 3. The lowest BCUT2D eigenvalue weighted by Crippen LogP contribution is -2.20. The Morgan fingerprint density at radius 1 is 1.06 bits per heavy atom. The molecule has 0 atom stereocenters. The third-order valence-electron chi connectivity index (χ3n) is 5.79. The molecule has 0 saturated carbocycles. The third kappa shape index (κ3) is 4.13. The van der Waals surface area contributed by atoms with Gasteiger partial charge < -0.3 is 10.1 Å². The normalized spacial score (nSPS) is 11.0. The number of nitrogens with zero attached hydrogens (tertiary/aromatic N) is 5. The molecule has 180 valence electrons. The van der Waals surface area contributed by atoms with E-state index in [1.54, 1.807) is 35.7 Å². The number of benzene rings is 3. The van der Waals surface area contributed by atoms with E-state index in [2.05, 4.69) is 15.5 Å². The predicted molar refractivity (Wildman–Crippen MR) is 132 cm³/mol. The molecule has 0 bridgehead atoms. The summed E-state index contributed by atoms with van der Waals surface area (Å²) in [6.45, 7) is 0.150. The van der Waals surface area contributed by atoms with E-state index in [0.29, 0.717) is 34.7 Å². The number of nitrogens with one attached hydrogen (secondary N) is 1. The summed E-state index contributed by atoms with van der Waals surface area (Å²) in [5, 5.41) is 23.1. The van der Waals surface area contributed by atoms with Crippen LogP contribution in [0.5, 0.6) is 0 Å². The number of carbonyl (C=O) groups excluding carboxylic acids is 1. The Morgan fingerprint density at radius 2 is 1.81 bits per heavy atom. The van der Waals surface area contributed by atoms with E-state index in [1.807, 2.05) is 30.3 Å². The molecule has 0 aliphatic rings. The molecular formula is C25H20N6O5. The van der Waals surface area contributed by atoms with Crippen LogP contribution >= 0.6 is 0 Å². The van der Waals surface area contributed by atoms with Gasteiger partial charge in [-0.3, -0.25) is 23.9 Å². The number of hydrogen-bond donors (Lipinski definition) is 1. The highest BCUT2D eigenvalue weighted by Crippen LogP contribution is 2.24. The monoisotopic (exact) mass is 484 g/mol. The number of non-ortho nitro benzene ring substituents is 1. The molecule has 2 heterocycles. The number of carbonyl (C=O) groups is 1. The van der Waals surface area contributed by atoms with E-state index in [1.165, 1.54) is 22.8 Å². The topological polar surface area (TPSA) is 134 Å². The van der Waals surface area contributed by atoms with Gasteiger partial charge in [-0.2, -0.15) is 0 Å². The molecule has 11 nitrogen and oxygen atoms in total. The highest BCUT2D eigenvalue weighted by Gasteiger charge is 2.20. The molecule has 0 amide bonds. The molecule has 36 heavy (non-hydrogen) atoms. The van der Waals surface area contributed by atoms with Crippen molar-refractivity contribution in [2.75, 3.05) is 5.32 Å². The lowest BCUT2D eigenvalue weighted by Gasteiger charge is -2.12. The van der Waals surface area contributed by atoms with Crippen molar-refractivity contribution in [1.29, 1.82) is 0 Å². The fraction of sp³-hybridized carbons (Fsp3) is 0.120. The van der Waals surface area contributed by atoms with Crippen LogP contribution in [0, 0.1) is 10.1 Å². The zero-order valence-corrected chi connectivity index (χ0v) is 19.1. The molecule has 0 aliphatic carbocycles. The summed E-state index contributed by atoms with van der Waals surface area (Å²) in [6, 6.07) is 20.5. The highest BCUT2D eigenvalue weighted by atomic mass is 16.6. The van der Waals surface area contributed by atoms with Crippen LogP contribution in [0.3, 0.4) is 0 Å². The van der Waals surface area contributed by atoms with Gasteiger partial charge in [0.05, 0.1) is 21.4 Å². The minimum Gasteiger partial charge on any atom is -0.454 e. The van der Waals surface area contributed by atoms with Crippen molar-refractivity contribution in [1.82, 2.24) is 19.2 Å². The lowest BCUT2D eigenvalue weighted by atomic mass is 10.1. The van der Waals surface area contributed by atoms with Crippen LogP contribution < -0.4 is 10.9 Å². The summed E-state index contributed by atoms with van der Waals surface area (Å²) in [5.41, 5.74) is 1.51. The van der Waals surface area contributed by atoms with E-state index in [9.17, 15) is 19.7 Å². The van der Waals surface area contributed by atoms with Crippen LogP contribution in [-0.4, -0.2) is 30.1 Å². The molecule has 0 unspecified atom stereocenters. The van der Waals surface area contributed by atoms with Gasteiger partial charge in [-0.05, 0) is 23.8 Å². The SMILES string of the molecule is Cn1c(=O)c2ccccc2n2c(COC(=O)c3cc([N+](=O)[O-])ccc3NCc3ccccc3)nnc12. The highest BCUT2D eigenvalue weighted by molar-refractivity contribution is 5.96. The van der Waals surface area contributed by atoms with Crippen molar-refractivity contribution >= 4 is 34.0 Å². The van der Waals surface area contributed by atoms with Gasteiger partial charge in [-0.25, -0.2) is 4.79 Å². The number of para-hydroxylation sites is 1. The number of hydrogen-bond acceptors (Lipinski definition) is 8.